The predicted molar refractivity (Wildman–Crippen MR) is 69.9 cm³/mol. The van der Waals surface area contributed by atoms with Crippen LogP contribution in [0.4, 0.5) is 4.39 Å². The molecule has 0 aromatic heterocycles. The van der Waals surface area contributed by atoms with Crippen molar-refractivity contribution in [1.82, 2.24) is 5.32 Å². The molecule has 0 heterocycles. The lowest BCUT2D eigenvalue weighted by atomic mass is 10.2. The van der Waals surface area contributed by atoms with Gasteiger partial charge in [-0.25, -0.2) is 4.39 Å². The molecule has 0 fully saturated rings. The molecule has 82 valence electrons. The summed E-state index contributed by atoms with van der Waals surface area (Å²) in [5.41, 5.74) is 0.337. The van der Waals surface area contributed by atoms with E-state index in [1.165, 1.54) is 18.2 Å². The third-order valence-electron chi connectivity index (χ3n) is 1.77. The number of nitrogens with one attached hydrogen (secondary N) is 1. The normalized spacial score (nSPS) is 10.1. The summed E-state index contributed by atoms with van der Waals surface area (Å²) < 4.78 is 14.5. The van der Waals surface area contributed by atoms with E-state index in [4.69, 9.17) is 0 Å². The Bertz CT molecular complexity index is 359. The summed E-state index contributed by atoms with van der Waals surface area (Å²) in [5.74, 6) is -0.650. The largest absolute Gasteiger partial charge is 0.352 e. The molecule has 0 aliphatic carbocycles. The Labute approximate surface area is 110 Å². The third kappa shape index (κ3) is 4.06. The molecule has 5 heteroatoms. The first-order valence-corrected chi connectivity index (χ1v) is 6.76. The summed E-state index contributed by atoms with van der Waals surface area (Å²) in [5, 5.41) is 2.73. The second-order valence-electron chi connectivity index (χ2n) is 2.92. The molecule has 1 rings (SSSR count). The van der Waals surface area contributed by atoms with Crippen LogP contribution in [0.25, 0.3) is 0 Å². The summed E-state index contributed by atoms with van der Waals surface area (Å²) in [7, 11) is 0. The van der Waals surface area contributed by atoms with E-state index in [9.17, 15) is 9.18 Å². The Balaban J connectivity index is 2.68. The first-order valence-electron chi connectivity index (χ1n) is 4.44. The van der Waals surface area contributed by atoms with E-state index in [2.05, 4.69) is 43.8 Å². The number of hydrogen-bond donors (Lipinski definition) is 1. The first kappa shape index (κ1) is 12.9. The zero-order valence-corrected chi connectivity index (χ0v) is 11.6. The van der Waals surface area contributed by atoms with Crippen molar-refractivity contribution < 1.29 is 9.18 Å². The molecule has 0 unspecified atom stereocenters. The van der Waals surface area contributed by atoms with Crippen molar-refractivity contribution in [3.8, 4) is 0 Å². The molecule has 0 atom stereocenters. The van der Waals surface area contributed by atoms with Crippen LogP contribution in [0.3, 0.4) is 0 Å². The van der Waals surface area contributed by atoms with Gasteiger partial charge in [0.05, 0.1) is 5.56 Å². The molecule has 0 bridgehead atoms. The quantitative estimate of drug-likeness (QED) is 0.481. The zero-order chi connectivity index (χ0) is 11.3. The number of halogens is 3. The molecule has 1 amide bonds. The Morgan fingerprint density at radius 3 is 2.93 bits per heavy atom. The number of carbonyl (C=O) groups excluding carboxylic acids is 1. The van der Waals surface area contributed by atoms with Gasteiger partial charge in [-0.05, 0) is 40.5 Å². The minimum absolute atomic E-state index is 0.244. The molecule has 1 aromatic rings. The standard InChI is InChI=1S/C10H10BrFINO/c11-9-3-2-7(12)6-8(9)10(15)14-5-1-4-13/h2-3,6H,1,4-5H2,(H,14,15). The number of alkyl halides is 1. The van der Waals surface area contributed by atoms with Crippen LogP contribution < -0.4 is 5.32 Å². The van der Waals surface area contributed by atoms with Crippen LogP contribution in [0.2, 0.25) is 0 Å². The van der Waals surface area contributed by atoms with Crippen LogP contribution >= 0.6 is 38.5 Å². The molecule has 15 heavy (non-hydrogen) atoms. The number of rotatable bonds is 4. The number of hydrogen-bond acceptors (Lipinski definition) is 1. The monoisotopic (exact) mass is 385 g/mol. The molecule has 0 aliphatic rings. The summed E-state index contributed by atoms with van der Waals surface area (Å²) in [6.07, 6.45) is 0.916. The Morgan fingerprint density at radius 1 is 1.53 bits per heavy atom. The smallest absolute Gasteiger partial charge is 0.252 e. The molecular weight excluding hydrogens is 376 g/mol. The predicted octanol–water partition coefficient (Wildman–Crippen LogP) is 3.14. The van der Waals surface area contributed by atoms with Gasteiger partial charge >= 0.3 is 0 Å². The van der Waals surface area contributed by atoms with Crippen molar-refractivity contribution >= 4 is 44.4 Å². The maximum atomic E-state index is 12.9. The second kappa shape index (κ2) is 6.42. The molecule has 0 saturated heterocycles. The van der Waals surface area contributed by atoms with E-state index < -0.39 is 5.82 Å². The number of benzene rings is 1. The van der Waals surface area contributed by atoms with Gasteiger partial charge in [0.1, 0.15) is 5.82 Å². The lowest BCUT2D eigenvalue weighted by Gasteiger charge is -2.05. The fourth-order valence-electron chi connectivity index (χ4n) is 1.04. The highest BCUT2D eigenvalue weighted by Gasteiger charge is 2.09. The molecule has 0 saturated carbocycles. The van der Waals surface area contributed by atoms with Crippen LogP contribution in [-0.2, 0) is 0 Å². The van der Waals surface area contributed by atoms with Crippen molar-refractivity contribution in [2.75, 3.05) is 11.0 Å². The van der Waals surface area contributed by atoms with Crippen molar-refractivity contribution in [3.63, 3.8) is 0 Å². The SMILES string of the molecule is O=C(NCCCI)c1cc(F)ccc1Br. The maximum Gasteiger partial charge on any atom is 0.252 e. The number of carbonyl (C=O) groups is 1. The van der Waals surface area contributed by atoms with Crippen LogP contribution in [0.1, 0.15) is 16.8 Å². The van der Waals surface area contributed by atoms with Crippen molar-refractivity contribution in [1.29, 1.82) is 0 Å². The highest BCUT2D eigenvalue weighted by Crippen LogP contribution is 2.17. The fourth-order valence-corrected chi connectivity index (χ4v) is 1.84. The van der Waals surface area contributed by atoms with E-state index in [1.54, 1.807) is 0 Å². The van der Waals surface area contributed by atoms with E-state index in [0.29, 0.717) is 16.6 Å². The molecule has 0 spiro atoms. The summed E-state index contributed by atoms with van der Waals surface area (Å²) in [6, 6.07) is 4.07. The van der Waals surface area contributed by atoms with Gasteiger partial charge in [0.2, 0.25) is 0 Å². The third-order valence-corrected chi connectivity index (χ3v) is 3.22. The van der Waals surface area contributed by atoms with Gasteiger partial charge in [0, 0.05) is 15.4 Å². The van der Waals surface area contributed by atoms with E-state index in [0.717, 1.165) is 10.8 Å². The topological polar surface area (TPSA) is 29.1 Å². The highest BCUT2D eigenvalue weighted by molar-refractivity contribution is 14.1. The van der Waals surface area contributed by atoms with E-state index in [-0.39, 0.29) is 5.91 Å². The summed E-state index contributed by atoms with van der Waals surface area (Å²) in [6.45, 7) is 0.616. The van der Waals surface area contributed by atoms with Crippen molar-refractivity contribution in [2.45, 2.75) is 6.42 Å². The zero-order valence-electron chi connectivity index (χ0n) is 7.90. The van der Waals surface area contributed by atoms with Gasteiger partial charge in [0.15, 0.2) is 0 Å². The van der Waals surface area contributed by atoms with Gasteiger partial charge in [-0.3, -0.25) is 4.79 Å². The Morgan fingerprint density at radius 2 is 2.27 bits per heavy atom. The molecule has 0 aliphatic heterocycles. The van der Waals surface area contributed by atoms with Crippen LogP contribution in [0, 0.1) is 5.82 Å². The van der Waals surface area contributed by atoms with Crippen LogP contribution in [-0.4, -0.2) is 16.9 Å². The molecule has 2 nitrogen and oxygen atoms in total. The lowest BCUT2D eigenvalue weighted by molar-refractivity contribution is 0.0952. The minimum atomic E-state index is -0.405. The second-order valence-corrected chi connectivity index (χ2v) is 4.86. The molecule has 1 N–H and O–H groups in total. The van der Waals surface area contributed by atoms with E-state index >= 15 is 0 Å². The van der Waals surface area contributed by atoms with Gasteiger partial charge < -0.3 is 5.32 Å². The Kier molecular flexibility index (Phi) is 5.52. The van der Waals surface area contributed by atoms with Gasteiger partial charge in [0.25, 0.3) is 5.91 Å². The van der Waals surface area contributed by atoms with Gasteiger partial charge in [-0.2, -0.15) is 0 Å². The average Bonchev–Trinajstić information content (AvgIpc) is 2.22. The van der Waals surface area contributed by atoms with Crippen molar-refractivity contribution in [2.24, 2.45) is 0 Å². The number of amides is 1. The first-order chi connectivity index (χ1) is 7.15. The summed E-state index contributed by atoms with van der Waals surface area (Å²) in [4.78, 5) is 11.6. The Hall–Kier alpha value is -0.170. The average molecular weight is 386 g/mol. The lowest BCUT2D eigenvalue weighted by Crippen LogP contribution is -2.25. The molecule has 0 radical (unpaired) electrons. The van der Waals surface area contributed by atoms with Crippen molar-refractivity contribution in [3.05, 3.63) is 34.1 Å². The maximum absolute atomic E-state index is 12.9. The minimum Gasteiger partial charge on any atom is -0.352 e. The van der Waals surface area contributed by atoms with Crippen LogP contribution in [0.15, 0.2) is 22.7 Å². The van der Waals surface area contributed by atoms with Gasteiger partial charge in [-0.15, -0.1) is 0 Å². The molecular formula is C10H10BrFINO. The summed E-state index contributed by atoms with van der Waals surface area (Å²) >= 11 is 5.45. The van der Waals surface area contributed by atoms with Crippen LogP contribution in [0.5, 0.6) is 0 Å². The van der Waals surface area contributed by atoms with Gasteiger partial charge in [-0.1, -0.05) is 22.6 Å². The highest BCUT2D eigenvalue weighted by atomic mass is 127. The molecule has 1 aromatic carbocycles. The fraction of sp³-hybridized carbons (Fsp3) is 0.300. The van der Waals surface area contributed by atoms with E-state index in [1.807, 2.05) is 0 Å².